The molecule has 19 heavy (non-hydrogen) atoms. The predicted octanol–water partition coefficient (Wildman–Crippen LogP) is 3.33. The molecule has 2 bridgehead atoms. The second kappa shape index (κ2) is 6.00. The van der Waals surface area contributed by atoms with E-state index in [1.807, 2.05) is 6.07 Å². The van der Waals surface area contributed by atoms with E-state index >= 15 is 0 Å². The van der Waals surface area contributed by atoms with Crippen molar-refractivity contribution in [3.63, 3.8) is 0 Å². The monoisotopic (exact) mass is 275 g/mol. The van der Waals surface area contributed by atoms with Crippen LogP contribution in [0.15, 0.2) is 35.2 Å². The van der Waals surface area contributed by atoms with E-state index < -0.39 is 0 Å². The van der Waals surface area contributed by atoms with E-state index in [0.717, 1.165) is 24.6 Å². The number of amides is 1. The van der Waals surface area contributed by atoms with Crippen LogP contribution >= 0.6 is 11.8 Å². The van der Waals surface area contributed by atoms with Gasteiger partial charge in [0.2, 0.25) is 5.91 Å². The predicted molar refractivity (Wildman–Crippen MR) is 79.1 cm³/mol. The smallest absolute Gasteiger partial charge is 0.223 e. The molecule has 3 heteroatoms. The van der Waals surface area contributed by atoms with E-state index in [1.165, 1.54) is 24.2 Å². The number of nitrogens with one attached hydrogen (secondary N) is 1. The quantitative estimate of drug-likeness (QED) is 0.659. The summed E-state index contributed by atoms with van der Waals surface area (Å²) in [5, 5.41) is 3.12. The zero-order chi connectivity index (χ0) is 13.1. The summed E-state index contributed by atoms with van der Waals surface area (Å²) in [7, 11) is 0. The van der Waals surface area contributed by atoms with Crippen LogP contribution in [-0.2, 0) is 4.79 Å². The van der Waals surface area contributed by atoms with Crippen LogP contribution in [0.1, 0.15) is 25.7 Å². The molecule has 1 aromatic carbocycles. The molecule has 3 rings (SSSR count). The molecule has 0 radical (unpaired) electrons. The molecule has 102 valence electrons. The molecule has 0 spiro atoms. The van der Waals surface area contributed by atoms with Gasteiger partial charge in [0.05, 0.1) is 0 Å². The molecule has 3 atom stereocenters. The largest absolute Gasteiger partial charge is 0.355 e. The molecule has 1 N–H and O–H groups in total. The van der Waals surface area contributed by atoms with Gasteiger partial charge in [-0.1, -0.05) is 24.6 Å². The van der Waals surface area contributed by atoms with E-state index in [-0.39, 0.29) is 0 Å². The first kappa shape index (κ1) is 13.0. The van der Waals surface area contributed by atoms with Gasteiger partial charge in [-0.25, -0.2) is 0 Å². The summed E-state index contributed by atoms with van der Waals surface area (Å²) in [6, 6.07) is 10.4. The van der Waals surface area contributed by atoms with E-state index in [0.29, 0.717) is 17.7 Å². The Balaban J connectivity index is 1.37. The van der Waals surface area contributed by atoms with Crippen LogP contribution in [-0.4, -0.2) is 18.2 Å². The number of carbonyl (C=O) groups excluding carboxylic acids is 1. The molecule has 0 heterocycles. The summed E-state index contributed by atoms with van der Waals surface area (Å²) in [5.41, 5.74) is 0. The highest BCUT2D eigenvalue weighted by molar-refractivity contribution is 7.99. The number of carbonyl (C=O) groups is 1. The Bertz CT molecular complexity index is 434. The number of rotatable bonds is 5. The van der Waals surface area contributed by atoms with Crippen LogP contribution < -0.4 is 5.32 Å². The van der Waals surface area contributed by atoms with Crippen molar-refractivity contribution in [3.05, 3.63) is 30.3 Å². The average molecular weight is 275 g/mol. The first-order chi connectivity index (χ1) is 9.33. The molecule has 2 saturated carbocycles. The number of hydrogen-bond acceptors (Lipinski definition) is 2. The normalized spacial score (nSPS) is 28.5. The topological polar surface area (TPSA) is 29.1 Å². The molecule has 1 amide bonds. The van der Waals surface area contributed by atoms with Crippen molar-refractivity contribution < 1.29 is 4.79 Å². The van der Waals surface area contributed by atoms with Gasteiger partial charge in [-0.05, 0) is 43.2 Å². The molecular formula is C16H21NOS. The van der Waals surface area contributed by atoms with Crippen LogP contribution in [0.4, 0.5) is 0 Å². The molecule has 2 fully saturated rings. The van der Waals surface area contributed by atoms with Crippen LogP contribution in [0.5, 0.6) is 0 Å². The van der Waals surface area contributed by atoms with Gasteiger partial charge in [0.15, 0.2) is 0 Å². The van der Waals surface area contributed by atoms with Crippen molar-refractivity contribution in [1.29, 1.82) is 0 Å². The number of hydrogen-bond donors (Lipinski definition) is 1. The fraction of sp³-hybridized carbons (Fsp3) is 0.562. The summed E-state index contributed by atoms with van der Waals surface area (Å²) < 4.78 is 0. The molecule has 2 nitrogen and oxygen atoms in total. The van der Waals surface area contributed by atoms with Crippen molar-refractivity contribution >= 4 is 17.7 Å². The second-order valence-corrected chi connectivity index (χ2v) is 6.90. The van der Waals surface area contributed by atoms with E-state index in [1.54, 1.807) is 11.8 Å². The van der Waals surface area contributed by atoms with E-state index in [4.69, 9.17) is 0 Å². The molecule has 2 aliphatic rings. The average Bonchev–Trinajstić information content (AvgIpc) is 3.07. The van der Waals surface area contributed by atoms with Gasteiger partial charge < -0.3 is 5.32 Å². The van der Waals surface area contributed by atoms with Gasteiger partial charge in [0.25, 0.3) is 0 Å². The maximum absolute atomic E-state index is 12.1. The van der Waals surface area contributed by atoms with Crippen molar-refractivity contribution in [2.45, 2.75) is 30.6 Å². The van der Waals surface area contributed by atoms with Crippen molar-refractivity contribution in [2.75, 3.05) is 12.3 Å². The van der Waals surface area contributed by atoms with E-state index in [9.17, 15) is 4.79 Å². The summed E-state index contributed by atoms with van der Waals surface area (Å²) in [5.74, 6) is 3.11. The zero-order valence-corrected chi connectivity index (χ0v) is 12.0. The fourth-order valence-corrected chi connectivity index (χ4v) is 4.35. The maximum Gasteiger partial charge on any atom is 0.223 e. The third kappa shape index (κ3) is 3.14. The maximum atomic E-state index is 12.1. The Morgan fingerprint density at radius 3 is 2.74 bits per heavy atom. The lowest BCUT2D eigenvalue weighted by Crippen LogP contribution is -2.34. The molecule has 2 aliphatic carbocycles. The van der Waals surface area contributed by atoms with Gasteiger partial charge in [0, 0.05) is 23.1 Å². The lowest BCUT2D eigenvalue weighted by molar-refractivity contribution is -0.126. The van der Waals surface area contributed by atoms with Crippen LogP contribution in [0.3, 0.4) is 0 Å². The number of benzene rings is 1. The Labute approximate surface area is 119 Å². The summed E-state index contributed by atoms with van der Waals surface area (Å²) in [4.78, 5) is 13.4. The summed E-state index contributed by atoms with van der Waals surface area (Å²) in [6.45, 7) is 0.784. The van der Waals surface area contributed by atoms with Gasteiger partial charge >= 0.3 is 0 Å². The first-order valence-corrected chi connectivity index (χ1v) is 8.27. The van der Waals surface area contributed by atoms with Crippen molar-refractivity contribution in [1.82, 2.24) is 5.32 Å². The van der Waals surface area contributed by atoms with Crippen LogP contribution in [0, 0.1) is 17.8 Å². The minimum Gasteiger partial charge on any atom is -0.355 e. The summed E-state index contributed by atoms with van der Waals surface area (Å²) in [6.07, 6.45) is 5.08. The van der Waals surface area contributed by atoms with Crippen LogP contribution in [0.2, 0.25) is 0 Å². The standard InChI is InChI=1S/C16H21NOS/c18-16(15-11-12-6-7-13(15)10-12)17-8-9-19-14-4-2-1-3-5-14/h1-5,12-13,15H,6-11H2,(H,17,18). The summed E-state index contributed by atoms with van der Waals surface area (Å²) >= 11 is 1.81. The molecule has 0 aliphatic heterocycles. The molecule has 0 aromatic heterocycles. The Morgan fingerprint density at radius 1 is 1.21 bits per heavy atom. The lowest BCUT2D eigenvalue weighted by Gasteiger charge is -2.20. The van der Waals surface area contributed by atoms with Gasteiger partial charge in [-0.3, -0.25) is 4.79 Å². The Morgan fingerprint density at radius 2 is 2.05 bits per heavy atom. The Kier molecular flexibility index (Phi) is 4.12. The highest BCUT2D eigenvalue weighted by Gasteiger charge is 2.42. The number of thioether (sulfide) groups is 1. The SMILES string of the molecule is O=C(NCCSc1ccccc1)C1CC2CCC1C2. The third-order valence-electron chi connectivity index (χ3n) is 4.49. The molecule has 1 aromatic rings. The van der Waals surface area contributed by atoms with Gasteiger partial charge in [-0.15, -0.1) is 11.8 Å². The molecule has 0 saturated heterocycles. The fourth-order valence-electron chi connectivity index (χ4n) is 3.56. The first-order valence-electron chi connectivity index (χ1n) is 7.28. The zero-order valence-electron chi connectivity index (χ0n) is 11.2. The minimum atomic E-state index is 0.306. The van der Waals surface area contributed by atoms with Crippen molar-refractivity contribution in [3.8, 4) is 0 Å². The minimum absolute atomic E-state index is 0.306. The lowest BCUT2D eigenvalue weighted by atomic mass is 9.88. The Hall–Kier alpha value is -0.960. The highest BCUT2D eigenvalue weighted by atomic mass is 32.2. The third-order valence-corrected chi connectivity index (χ3v) is 5.50. The van der Waals surface area contributed by atoms with Gasteiger partial charge in [0.1, 0.15) is 0 Å². The van der Waals surface area contributed by atoms with Gasteiger partial charge in [-0.2, -0.15) is 0 Å². The van der Waals surface area contributed by atoms with Crippen molar-refractivity contribution in [2.24, 2.45) is 17.8 Å². The van der Waals surface area contributed by atoms with E-state index in [2.05, 4.69) is 29.6 Å². The molecule has 3 unspecified atom stereocenters. The second-order valence-electron chi connectivity index (χ2n) is 5.73. The highest BCUT2D eigenvalue weighted by Crippen LogP contribution is 2.48. The molecular weight excluding hydrogens is 254 g/mol. The number of fused-ring (bicyclic) bond motifs is 2. The van der Waals surface area contributed by atoms with Crippen LogP contribution in [0.25, 0.3) is 0 Å².